The van der Waals surface area contributed by atoms with E-state index < -0.39 is 23.8 Å². The highest BCUT2D eigenvalue weighted by Crippen LogP contribution is 2.41. The second-order valence-corrected chi connectivity index (χ2v) is 7.01. The van der Waals surface area contributed by atoms with Crippen LogP contribution in [0.25, 0.3) is 0 Å². The van der Waals surface area contributed by atoms with Gasteiger partial charge < -0.3 is 5.32 Å². The molecule has 1 rings (SSSR count). The Morgan fingerprint density at radius 2 is 1.70 bits per heavy atom. The van der Waals surface area contributed by atoms with Gasteiger partial charge in [-0.3, -0.25) is 9.05 Å². The smallest absolute Gasteiger partial charge is 0.308 e. The van der Waals surface area contributed by atoms with Crippen LogP contribution in [0.2, 0.25) is 0 Å². The van der Waals surface area contributed by atoms with Gasteiger partial charge in [-0.15, -0.1) is 0 Å². The molecule has 0 radical (unpaired) electrons. The molecule has 0 saturated heterocycles. The number of primary sulfonamides is 1. The molecular weight excluding hydrogens is 309 g/mol. The van der Waals surface area contributed by atoms with Crippen molar-refractivity contribution >= 4 is 29.5 Å². The number of benzene rings is 1. The normalized spacial score (nSPS) is 11.9. The molecule has 0 aliphatic rings. The van der Waals surface area contributed by atoms with E-state index in [0.717, 1.165) is 14.2 Å². The minimum Gasteiger partial charge on any atom is -0.308 e. The van der Waals surface area contributed by atoms with Crippen LogP contribution in [0.4, 0.5) is 10.5 Å². The summed E-state index contributed by atoms with van der Waals surface area (Å²) in [5.74, 6) is 0. The molecule has 112 valence electrons. The first-order valence-electron chi connectivity index (χ1n) is 5.14. The fourth-order valence-electron chi connectivity index (χ4n) is 1.18. The lowest BCUT2D eigenvalue weighted by atomic mass is 10.3. The molecule has 9 nitrogen and oxygen atoms in total. The number of carbonyl (C=O) groups is 1. The van der Waals surface area contributed by atoms with Crippen LogP contribution in [0.3, 0.4) is 0 Å². The van der Waals surface area contributed by atoms with Crippen molar-refractivity contribution in [1.82, 2.24) is 5.09 Å². The number of hydrogen-bond acceptors (Lipinski definition) is 6. The van der Waals surface area contributed by atoms with Gasteiger partial charge in [-0.05, 0) is 24.3 Å². The van der Waals surface area contributed by atoms with Crippen molar-refractivity contribution in [2.45, 2.75) is 4.90 Å². The number of anilines is 1. The molecule has 0 bridgehead atoms. The van der Waals surface area contributed by atoms with Crippen molar-refractivity contribution in [2.75, 3.05) is 19.5 Å². The fraction of sp³-hybridized carbons (Fsp3) is 0.222. The molecule has 0 unspecified atom stereocenters. The Labute approximate surface area is 116 Å². The van der Waals surface area contributed by atoms with E-state index in [2.05, 4.69) is 14.4 Å². The molecule has 0 saturated carbocycles. The Kier molecular flexibility index (Phi) is 5.26. The van der Waals surface area contributed by atoms with Crippen molar-refractivity contribution in [3.8, 4) is 0 Å². The average molecular weight is 323 g/mol. The number of amides is 2. The van der Waals surface area contributed by atoms with Crippen molar-refractivity contribution in [3.63, 3.8) is 0 Å². The Morgan fingerprint density at radius 3 is 2.10 bits per heavy atom. The minimum atomic E-state index is -3.80. The Balaban J connectivity index is 2.75. The average Bonchev–Trinajstić information content (AvgIpc) is 2.38. The number of carbonyl (C=O) groups excluding carboxylic acids is 1. The van der Waals surface area contributed by atoms with Gasteiger partial charge in [0.2, 0.25) is 10.0 Å². The Hall–Kier alpha value is -1.45. The van der Waals surface area contributed by atoms with E-state index in [1.807, 2.05) is 5.09 Å². The van der Waals surface area contributed by atoms with Gasteiger partial charge in [0.05, 0.1) is 4.90 Å². The van der Waals surface area contributed by atoms with Crippen LogP contribution >= 0.6 is 7.75 Å². The lowest BCUT2D eigenvalue weighted by Gasteiger charge is -2.14. The molecule has 0 fully saturated rings. The molecular formula is C9H14N3O6PS. The molecule has 4 N–H and O–H groups in total. The fourth-order valence-corrected chi connectivity index (χ4v) is 2.33. The largest absolute Gasteiger partial charge is 0.435 e. The first-order chi connectivity index (χ1) is 9.20. The van der Waals surface area contributed by atoms with Crippen molar-refractivity contribution in [1.29, 1.82) is 0 Å². The lowest BCUT2D eigenvalue weighted by Crippen LogP contribution is -2.27. The zero-order valence-electron chi connectivity index (χ0n) is 10.7. The summed E-state index contributed by atoms with van der Waals surface area (Å²) in [5, 5.41) is 9.26. The third-order valence-corrected chi connectivity index (χ3v) is 4.53. The van der Waals surface area contributed by atoms with Gasteiger partial charge in [-0.2, -0.15) is 0 Å². The maximum atomic E-state index is 11.6. The molecule has 0 aliphatic carbocycles. The first kappa shape index (κ1) is 16.6. The highest BCUT2D eigenvalue weighted by Gasteiger charge is 2.24. The third-order valence-electron chi connectivity index (χ3n) is 2.16. The molecule has 11 heteroatoms. The van der Waals surface area contributed by atoms with Crippen LogP contribution in [-0.4, -0.2) is 28.7 Å². The molecule has 0 aromatic heterocycles. The van der Waals surface area contributed by atoms with Crippen LogP contribution in [0, 0.1) is 0 Å². The van der Waals surface area contributed by atoms with E-state index >= 15 is 0 Å². The van der Waals surface area contributed by atoms with Gasteiger partial charge >= 0.3 is 13.8 Å². The first-order valence-corrected chi connectivity index (χ1v) is 8.23. The summed E-state index contributed by atoms with van der Waals surface area (Å²) in [6.45, 7) is 0. The topological polar surface area (TPSA) is 137 Å². The van der Waals surface area contributed by atoms with Crippen LogP contribution in [-0.2, 0) is 23.6 Å². The predicted molar refractivity (Wildman–Crippen MR) is 71.6 cm³/mol. The number of hydrogen-bond donors (Lipinski definition) is 3. The summed E-state index contributed by atoms with van der Waals surface area (Å²) in [4.78, 5) is 11.4. The number of urea groups is 1. The summed E-state index contributed by atoms with van der Waals surface area (Å²) in [6.07, 6.45) is 0. The minimum absolute atomic E-state index is 0.0945. The van der Waals surface area contributed by atoms with E-state index in [1.54, 1.807) is 0 Å². The van der Waals surface area contributed by atoms with Gasteiger partial charge in [0.1, 0.15) is 0 Å². The maximum Gasteiger partial charge on any atom is 0.435 e. The quantitative estimate of drug-likeness (QED) is 0.687. The van der Waals surface area contributed by atoms with Crippen LogP contribution in [0.5, 0.6) is 0 Å². The SMILES string of the molecule is COP(=O)(NC(=O)Nc1ccc(S(N)(=O)=O)cc1)OC. The molecule has 0 spiro atoms. The second kappa shape index (κ2) is 6.33. The zero-order chi connectivity index (χ0) is 15.4. The van der Waals surface area contributed by atoms with E-state index in [9.17, 15) is 17.8 Å². The van der Waals surface area contributed by atoms with Gasteiger partial charge in [0, 0.05) is 19.9 Å². The van der Waals surface area contributed by atoms with Crippen LogP contribution < -0.4 is 15.5 Å². The summed E-state index contributed by atoms with van der Waals surface area (Å²) in [5.41, 5.74) is 0.272. The number of nitrogens with one attached hydrogen (secondary N) is 2. The van der Waals surface area contributed by atoms with Crippen molar-refractivity contribution in [3.05, 3.63) is 24.3 Å². The number of rotatable bonds is 5. The van der Waals surface area contributed by atoms with Gasteiger partial charge in [0.15, 0.2) is 0 Å². The number of sulfonamides is 1. The molecule has 1 aromatic rings. The van der Waals surface area contributed by atoms with E-state index in [0.29, 0.717) is 0 Å². The maximum absolute atomic E-state index is 11.6. The predicted octanol–water partition coefficient (Wildman–Crippen LogP) is 0.856. The van der Waals surface area contributed by atoms with E-state index in [-0.39, 0.29) is 10.6 Å². The summed E-state index contributed by atoms with van der Waals surface area (Å²) < 4.78 is 42.8. The van der Waals surface area contributed by atoms with Gasteiger partial charge in [0.25, 0.3) is 0 Å². The third kappa shape index (κ3) is 4.58. The van der Waals surface area contributed by atoms with Crippen molar-refractivity contribution < 1.29 is 26.8 Å². The summed E-state index contributed by atoms with van der Waals surface area (Å²) in [7, 11) is -5.25. The Morgan fingerprint density at radius 1 is 1.20 bits per heavy atom. The lowest BCUT2D eigenvalue weighted by molar-refractivity contribution is 0.242. The van der Waals surface area contributed by atoms with Gasteiger partial charge in [-0.1, -0.05) is 0 Å². The molecule has 2 amide bonds. The zero-order valence-corrected chi connectivity index (χ0v) is 12.4. The van der Waals surface area contributed by atoms with Crippen LogP contribution in [0.15, 0.2) is 29.2 Å². The van der Waals surface area contributed by atoms with E-state index in [1.165, 1.54) is 24.3 Å². The molecule has 0 atom stereocenters. The molecule has 0 aliphatic heterocycles. The standard InChI is InChI=1S/C9H14N3O6PS/c1-17-19(14,18-2)12-9(13)11-7-3-5-8(6-4-7)20(10,15)16/h3-6H,1-2H3,(H2,10,15,16)(H2,11,12,13,14). The number of nitrogens with two attached hydrogens (primary N) is 1. The van der Waals surface area contributed by atoms with Crippen LogP contribution in [0.1, 0.15) is 0 Å². The van der Waals surface area contributed by atoms with Gasteiger partial charge in [-0.25, -0.2) is 28.0 Å². The molecule has 1 aromatic carbocycles. The van der Waals surface area contributed by atoms with E-state index in [4.69, 9.17) is 5.14 Å². The molecule has 20 heavy (non-hydrogen) atoms. The summed E-state index contributed by atoms with van der Waals surface area (Å²) >= 11 is 0. The summed E-state index contributed by atoms with van der Waals surface area (Å²) in [6, 6.07) is 4.25. The highest BCUT2D eigenvalue weighted by atomic mass is 32.2. The molecule has 0 heterocycles. The highest BCUT2D eigenvalue weighted by molar-refractivity contribution is 7.89. The van der Waals surface area contributed by atoms with Crippen molar-refractivity contribution in [2.24, 2.45) is 5.14 Å². The monoisotopic (exact) mass is 323 g/mol. The Bertz CT molecular complexity index is 622. The second-order valence-electron chi connectivity index (χ2n) is 3.50.